The van der Waals surface area contributed by atoms with Gasteiger partial charge in [0.1, 0.15) is 0 Å². The van der Waals surface area contributed by atoms with E-state index in [1.54, 1.807) is 0 Å². The third-order valence-corrected chi connectivity index (χ3v) is 3.10. The summed E-state index contributed by atoms with van der Waals surface area (Å²) in [6.45, 7) is 2.87. The average Bonchev–Trinajstić information content (AvgIpc) is 2.30. The molecule has 1 unspecified atom stereocenters. The van der Waals surface area contributed by atoms with Crippen molar-refractivity contribution in [2.75, 3.05) is 37.4 Å². The number of hydrogen-bond acceptors (Lipinski definition) is 3. The van der Waals surface area contributed by atoms with Crippen LogP contribution in [0, 0.1) is 5.92 Å². The summed E-state index contributed by atoms with van der Waals surface area (Å²) < 4.78 is 5.49. The van der Waals surface area contributed by atoms with Gasteiger partial charge < -0.3 is 15.4 Å². The fraction of sp³-hybridized carbons (Fsp3) is 0.538. The summed E-state index contributed by atoms with van der Waals surface area (Å²) >= 11 is 0. The first-order valence-electron chi connectivity index (χ1n) is 5.90. The molecule has 1 fully saturated rings. The van der Waals surface area contributed by atoms with Crippen LogP contribution in [0.4, 0.5) is 11.4 Å². The number of ether oxygens (including phenoxy) is 1. The number of anilines is 2. The summed E-state index contributed by atoms with van der Waals surface area (Å²) in [6, 6.07) is 8.03. The molecule has 1 heterocycles. The van der Waals surface area contributed by atoms with Crippen molar-refractivity contribution in [3.63, 3.8) is 0 Å². The normalized spacial score (nSPS) is 20.7. The molecule has 0 aromatic heterocycles. The fourth-order valence-corrected chi connectivity index (χ4v) is 2.21. The first kappa shape index (κ1) is 11.3. The lowest BCUT2D eigenvalue weighted by Gasteiger charge is -2.28. The first-order chi connectivity index (χ1) is 7.75. The Morgan fingerprint density at radius 3 is 3.06 bits per heavy atom. The number of nitrogens with zero attached hydrogens (tertiary/aromatic N) is 1. The van der Waals surface area contributed by atoms with Crippen LogP contribution in [0.3, 0.4) is 0 Å². The highest BCUT2D eigenvalue weighted by molar-refractivity contribution is 5.55. The van der Waals surface area contributed by atoms with E-state index in [1.807, 2.05) is 18.2 Å². The van der Waals surface area contributed by atoms with Crippen LogP contribution in [-0.4, -0.2) is 26.8 Å². The third-order valence-electron chi connectivity index (χ3n) is 3.10. The molecule has 1 aliphatic heterocycles. The van der Waals surface area contributed by atoms with Gasteiger partial charge in [0.2, 0.25) is 0 Å². The molecular weight excluding hydrogens is 200 g/mol. The zero-order chi connectivity index (χ0) is 11.4. The van der Waals surface area contributed by atoms with Gasteiger partial charge in [-0.15, -0.1) is 0 Å². The van der Waals surface area contributed by atoms with Gasteiger partial charge >= 0.3 is 0 Å². The molecule has 0 radical (unpaired) electrons. The lowest BCUT2D eigenvalue weighted by atomic mass is 10.0. The van der Waals surface area contributed by atoms with Crippen molar-refractivity contribution in [3.05, 3.63) is 24.3 Å². The van der Waals surface area contributed by atoms with E-state index in [0.29, 0.717) is 5.92 Å². The molecule has 1 atom stereocenters. The van der Waals surface area contributed by atoms with E-state index < -0.39 is 0 Å². The summed E-state index contributed by atoms with van der Waals surface area (Å²) in [6.07, 6.45) is 2.46. The second-order valence-electron chi connectivity index (χ2n) is 4.56. The average molecular weight is 220 g/mol. The van der Waals surface area contributed by atoms with Gasteiger partial charge in [0, 0.05) is 31.6 Å². The lowest BCUT2D eigenvalue weighted by molar-refractivity contribution is 0.0576. The van der Waals surface area contributed by atoms with Gasteiger partial charge in [-0.3, -0.25) is 0 Å². The van der Waals surface area contributed by atoms with E-state index >= 15 is 0 Å². The van der Waals surface area contributed by atoms with Gasteiger partial charge in [-0.1, -0.05) is 6.07 Å². The van der Waals surface area contributed by atoms with Crippen LogP contribution in [0.2, 0.25) is 0 Å². The summed E-state index contributed by atoms with van der Waals surface area (Å²) in [4.78, 5) is 2.26. The summed E-state index contributed by atoms with van der Waals surface area (Å²) in [5, 5.41) is 0. The van der Waals surface area contributed by atoms with Crippen molar-refractivity contribution < 1.29 is 4.74 Å². The molecule has 0 spiro atoms. The number of benzene rings is 1. The molecule has 88 valence electrons. The van der Waals surface area contributed by atoms with Gasteiger partial charge in [0.05, 0.1) is 6.61 Å². The van der Waals surface area contributed by atoms with Crippen LogP contribution in [-0.2, 0) is 4.74 Å². The molecule has 0 amide bonds. The van der Waals surface area contributed by atoms with E-state index in [0.717, 1.165) is 25.4 Å². The monoisotopic (exact) mass is 220 g/mol. The van der Waals surface area contributed by atoms with Crippen LogP contribution >= 0.6 is 0 Å². The predicted octanol–water partition coefficient (Wildman–Crippen LogP) is 2.13. The van der Waals surface area contributed by atoms with Crippen molar-refractivity contribution in [2.24, 2.45) is 5.92 Å². The maximum Gasteiger partial charge on any atom is 0.0511 e. The molecule has 3 nitrogen and oxygen atoms in total. The zero-order valence-electron chi connectivity index (χ0n) is 9.86. The minimum absolute atomic E-state index is 0.653. The smallest absolute Gasteiger partial charge is 0.0511 e. The fourth-order valence-electron chi connectivity index (χ4n) is 2.21. The topological polar surface area (TPSA) is 38.5 Å². The van der Waals surface area contributed by atoms with Crippen molar-refractivity contribution in [1.82, 2.24) is 0 Å². The molecule has 2 N–H and O–H groups in total. The Labute approximate surface area is 97.2 Å². The van der Waals surface area contributed by atoms with Crippen molar-refractivity contribution in [3.8, 4) is 0 Å². The Hall–Kier alpha value is -1.22. The molecule has 2 rings (SSSR count). The highest BCUT2D eigenvalue weighted by Gasteiger charge is 2.16. The zero-order valence-corrected chi connectivity index (χ0v) is 9.86. The Kier molecular flexibility index (Phi) is 3.67. The molecule has 0 bridgehead atoms. The van der Waals surface area contributed by atoms with Crippen LogP contribution in [0.1, 0.15) is 12.8 Å². The molecular formula is C13H20N2O. The lowest BCUT2D eigenvalue weighted by Crippen LogP contribution is -2.30. The highest BCUT2D eigenvalue weighted by Crippen LogP contribution is 2.20. The highest BCUT2D eigenvalue weighted by atomic mass is 16.5. The SMILES string of the molecule is CN(CC1CCCOC1)c1cccc(N)c1. The van der Waals surface area contributed by atoms with E-state index in [-0.39, 0.29) is 0 Å². The molecule has 0 saturated carbocycles. The van der Waals surface area contributed by atoms with Crippen molar-refractivity contribution >= 4 is 11.4 Å². The van der Waals surface area contributed by atoms with Crippen LogP contribution < -0.4 is 10.6 Å². The van der Waals surface area contributed by atoms with Crippen LogP contribution in [0.15, 0.2) is 24.3 Å². The van der Waals surface area contributed by atoms with Crippen LogP contribution in [0.5, 0.6) is 0 Å². The van der Waals surface area contributed by atoms with Gasteiger partial charge in [0.25, 0.3) is 0 Å². The molecule has 3 heteroatoms. The van der Waals surface area contributed by atoms with Gasteiger partial charge in [-0.05, 0) is 37.0 Å². The molecule has 16 heavy (non-hydrogen) atoms. The minimum atomic E-state index is 0.653. The van der Waals surface area contributed by atoms with Gasteiger partial charge in [-0.2, -0.15) is 0 Å². The standard InChI is InChI=1S/C13H20N2O/c1-15(9-11-4-3-7-16-10-11)13-6-2-5-12(14)8-13/h2,5-6,8,11H,3-4,7,9-10,14H2,1H3. The molecule has 1 aromatic rings. The van der Waals surface area contributed by atoms with Gasteiger partial charge in [-0.25, -0.2) is 0 Å². The Bertz CT molecular complexity index is 334. The number of nitrogen functional groups attached to an aromatic ring is 1. The number of nitrogens with two attached hydrogens (primary N) is 1. The largest absolute Gasteiger partial charge is 0.399 e. The van der Waals surface area contributed by atoms with Gasteiger partial charge in [0.15, 0.2) is 0 Å². The molecule has 1 saturated heterocycles. The third kappa shape index (κ3) is 2.89. The molecule has 1 aromatic carbocycles. The number of hydrogen-bond donors (Lipinski definition) is 1. The summed E-state index contributed by atoms with van der Waals surface area (Å²) in [5.41, 5.74) is 7.79. The number of rotatable bonds is 3. The second kappa shape index (κ2) is 5.21. The maximum absolute atomic E-state index is 5.78. The first-order valence-corrected chi connectivity index (χ1v) is 5.90. The predicted molar refractivity (Wildman–Crippen MR) is 67.7 cm³/mol. The quantitative estimate of drug-likeness (QED) is 0.793. The Morgan fingerprint density at radius 2 is 2.38 bits per heavy atom. The van der Waals surface area contributed by atoms with Crippen molar-refractivity contribution in [1.29, 1.82) is 0 Å². The van der Waals surface area contributed by atoms with E-state index in [4.69, 9.17) is 10.5 Å². The van der Waals surface area contributed by atoms with Crippen molar-refractivity contribution in [2.45, 2.75) is 12.8 Å². The van der Waals surface area contributed by atoms with E-state index in [9.17, 15) is 0 Å². The van der Waals surface area contributed by atoms with E-state index in [1.165, 1.54) is 18.5 Å². The maximum atomic E-state index is 5.78. The molecule has 0 aliphatic carbocycles. The van der Waals surface area contributed by atoms with E-state index in [2.05, 4.69) is 18.0 Å². The minimum Gasteiger partial charge on any atom is -0.399 e. The Morgan fingerprint density at radius 1 is 1.50 bits per heavy atom. The van der Waals surface area contributed by atoms with Crippen LogP contribution in [0.25, 0.3) is 0 Å². The molecule has 1 aliphatic rings. The second-order valence-corrected chi connectivity index (χ2v) is 4.56. The summed E-state index contributed by atoms with van der Waals surface area (Å²) in [5.74, 6) is 0.653. The Balaban J connectivity index is 1.94. The summed E-state index contributed by atoms with van der Waals surface area (Å²) in [7, 11) is 2.11.